The van der Waals surface area contributed by atoms with Gasteiger partial charge in [0.1, 0.15) is 0 Å². The molecule has 0 fully saturated rings. The average Bonchev–Trinajstić information content (AvgIpc) is 2.72. The lowest BCUT2D eigenvalue weighted by atomic mass is 9.99. The molecule has 0 unspecified atom stereocenters. The molecule has 28 heavy (non-hydrogen) atoms. The summed E-state index contributed by atoms with van der Waals surface area (Å²) >= 11 is 0. The summed E-state index contributed by atoms with van der Waals surface area (Å²) in [6.07, 6.45) is 0.715. The Balaban J connectivity index is 1.65. The number of carbonyl (C=O) groups is 2. The summed E-state index contributed by atoms with van der Waals surface area (Å²) in [7, 11) is 3.19. The van der Waals surface area contributed by atoms with E-state index in [0.717, 1.165) is 22.3 Å². The van der Waals surface area contributed by atoms with Crippen LogP contribution in [0, 0.1) is 13.8 Å². The maximum absolute atomic E-state index is 12.6. The van der Waals surface area contributed by atoms with Crippen molar-refractivity contribution in [1.29, 1.82) is 0 Å². The van der Waals surface area contributed by atoms with Gasteiger partial charge >= 0.3 is 5.97 Å². The third-order valence-electron chi connectivity index (χ3n) is 5.22. The highest BCUT2D eigenvalue weighted by atomic mass is 16.5. The van der Waals surface area contributed by atoms with E-state index in [-0.39, 0.29) is 12.5 Å². The molecule has 0 atom stereocenters. The molecule has 0 saturated heterocycles. The predicted octanol–water partition coefficient (Wildman–Crippen LogP) is 3.06. The lowest BCUT2D eigenvalue weighted by molar-refractivity contribution is -0.135. The van der Waals surface area contributed by atoms with Gasteiger partial charge in [0.15, 0.2) is 18.1 Å². The molecule has 0 spiro atoms. The van der Waals surface area contributed by atoms with Gasteiger partial charge in [-0.2, -0.15) is 0 Å². The number of amides is 1. The van der Waals surface area contributed by atoms with Crippen LogP contribution in [0.5, 0.6) is 11.5 Å². The summed E-state index contributed by atoms with van der Waals surface area (Å²) in [5.41, 5.74) is 4.52. The minimum absolute atomic E-state index is 0.209. The molecule has 0 aromatic heterocycles. The van der Waals surface area contributed by atoms with E-state index in [1.165, 1.54) is 0 Å². The van der Waals surface area contributed by atoms with E-state index in [2.05, 4.69) is 0 Å². The van der Waals surface area contributed by atoms with Crippen LogP contribution in [0.3, 0.4) is 0 Å². The summed E-state index contributed by atoms with van der Waals surface area (Å²) in [6, 6.07) is 9.31. The number of esters is 1. The summed E-state index contributed by atoms with van der Waals surface area (Å²) < 4.78 is 16.0. The van der Waals surface area contributed by atoms with Crippen molar-refractivity contribution in [2.45, 2.75) is 26.8 Å². The van der Waals surface area contributed by atoms with Crippen molar-refractivity contribution in [3.05, 3.63) is 58.1 Å². The molecule has 0 saturated carbocycles. The Hall–Kier alpha value is -3.02. The number of hydrogen-bond acceptors (Lipinski definition) is 5. The quantitative estimate of drug-likeness (QED) is 0.743. The number of fused-ring (bicyclic) bond motifs is 1. The van der Waals surface area contributed by atoms with Crippen LogP contribution in [0.25, 0.3) is 0 Å². The van der Waals surface area contributed by atoms with Gasteiger partial charge in [-0.1, -0.05) is 12.1 Å². The van der Waals surface area contributed by atoms with Crippen molar-refractivity contribution in [1.82, 2.24) is 4.90 Å². The molecule has 148 valence electrons. The van der Waals surface area contributed by atoms with E-state index in [0.29, 0.717) is 36.6 Å². The molecule has 2 aromatic carbocycles. The fraction of sp³-hybridized carbons (Fsp3) is 0.364. The van der Waals surface area contributed by atoms with Gasteiger partial charge in [0.25, 0.3) is 5.91 Å². The van der Waals surface area contributed by atoms with Crippen LogP contribution in [0.15, 0.2) is 30.3 Å². The Morgan fingerprint density at radius 2 is 1.71 bits per heavy atom. The largest absolute Gasteiger partial charge is 0.493 e. The second-order valence-corrected chi connectivity index (χ2v) is 6.86. The molecule has 6 nitrogen and oxygen atoms in total. The summed E-state index contributed by atoms with van der Waals surface area (Å²) in [4.78, 5) is 26.6. The Morgan fingerprint density at radius 3 is 2.39 bits per heavy atom. The molecule has 1 heterocycles. The number of methoxy groups -OCH3 is 2. The highest BCUT2D eigenvalue weighted by Crippen LogP contribution is 2.33. The fourth-order valence-corrected chi connectivity index (χ4v) is 3.36. The average molecular weight is 383 g/mol. The number of nitrogens with zero attached hydrogens (tertiary/aromatic N) is 1. The minimum atomic E-state index is -0.474. The number of carbonyl (C=O) groups excluding carboxylic acids is 2. The lowest BCUT2D eigenvalue weighted by Gasteiger charge is -2.29. The van der Waals surface area contributed by atoms with Gasteiger partial charge in [0.05, 0.1) is 19.8 Å². The molecule has 0 radical (unpaired) electrons. The third kappa shape index (κ3) is 3.96. The van der Waals surface area contributed by atoms with Gasteiger partial charge in [-0.3, -0.25) is 4.79 Å². The zero-order valence-electron chi connectivity index (χ0n) is 16.7. The molecule has 6 heteroatoms. The van der Waals surface area contributed by atoms with Crippen molar-refractivity contribution in [2.24, 2.45) is 0 Å². The van der Waals surface area contributed by atoms with Crippen molar-refractivity contribution in [3.8, 4) is 11.5 Å². The molecular formula is C22H25NO5. The second kappa shape index (κ2) is 8.33. The van der Waals surface area contributed by atoms with Crippen LogP contribution in [0.4, 0.5) is 0 Å². The summed E-state index contributed by atoms with van der Waals surface area (Å²) in [5.74, 6) is 0.637. The number of benzene rings is 2. The smallest absolute Gasteiger partial charge is 0.338 e. The Labute approximate surface area is 165 Å². The summed E-state index contributed by atoms with van der Waals surface area (Å²) in [5, 5.41) is 0. The topological polar surface area (TPSA) is 65.1 Å². The Bertz CT molecular complexity index is 906. The maximum Gasteiger partial charge on any atom is 0.338 e. The minimum Gasteiger partial charge on any atom is -0.493 e. The lowest BCUT2D eigenvalue weighted by Crippen LogP contribution is -2.38. The molecule has 0 aliphatic carbocycles. The first kappa shape index (κ1) is 19.7. The van der Waals surface area contributed by atoms with E-state index in [1.54, 1.807) is 25.2 Å². The van der Waals surface area contributed by atoms with Gasteiger partial charge in [0, 0.05) is 13.1 Å². The van der Waals surface area contributed by atoms with Crippen LogP contribution < -0.4 is 9.47 Å². The second-order valence-electron chi connectivity index (χ2n) is 6.86. The number of aryl methyl sites for hydroxylation is 1. The van der Waals surface area contributed by atoms with Gasteiger partial charge in [0.2, 0.25) is 0 Å². The Kier molecular flexibility index (Phi) is 5.87. The van der Waals surface area contributed by atoms with Crippen LogP contribution in [0.2, 0.25) is 0 Å². The molecule has 2 aromatic rings. The third-order valence-corrected chi connectivity index (χ3v) is 5.22. The highest BCUT2D eigenvalue weighted by molar-refractivity contribution is 5.93. The van der Waals surface area contributed by atoms with Crippen molar-refractivity contribution in [2.75, 3.05) is 27.4 Å². The summed E-state index contributed by atoms with van der Waals surface area (Å²) in [6.45, 7) is 4.56. The molecule has 0 bridgehead atoms. The molecule has 3 rings (SSSR count). The maximum atomic E-state index is 12.6. The fourth-order valence-electron chi connectivity index (χ4n) is 3.36. The van der Waals surface area contributed by atoms with Crippen LogP contribution in [-0.4, -0.2) is 44.1 Å². The van der Waals surface area contributed by atoms with E-state index in [4.69, 9.17) is 14.2 Å². The zero-order valence-corrected chi connectivity index (χ0v) is 16.7. The van der Waals surface area contributed by atoms with E-state index in [9.17, 15) is 9.59 Å². The molecule has 1 amide bonds. The van der Waals surface area contributed by atoms with E-state index < -0.39 is 5.97 Å². The van der Waals surface area contributed by atoms with Crippen molar-refractivity contribution >= 4 is 11.9 Å². The van der Waals surface area contributed by atoms with Crippen molar-refractivity contribution < 1.29 is 23.8 Å². The zero-order chi connectivity index (χ0) is 20.3. The first-order valence-electron chi connectivity index (χ1n) is 9.19. The molecular weight excluding hydrogens is 358 g/mol. The van der Waals surface area contributed by atoms with Gasteiger partial charge in [-0.15, -0.1) is 0 Å². The molecule has 1 aliphatic rings. The SMILES string of the molecule is COc1cc2c(cc1OC)CN(C(=O)COC(=O)c1cccc(C)c1C)CC2. The first-order chi connectivity index (χ1) is 13.4. The Morgan fingerprint density at radius 1 is 1.04 bits per heavy atom. The van der Waals surface area contributed by atoms with Crippen LogP contribution in [0.1, 0.15) is 32.6 Å². The van der Waals surface area contributed by atoms with E-state index >= 15 is 0 Å². The van der Waals surface area contributed by atoms with Gasteiger partial charge < -0.3 is 19.1 Å². The van der Waals surface area contributed by atoms with Crippen LogP contribution >= 0.6 is 0 Å². The normalized spacial score (nSPS) is 12.9. The molecule has 1 aliphatic heterocycles. The number of ether oxygens (including phenoxy) is 3. The predicted molar refractivity (Wildman–Crippen MR) is 105 cm³/mol. The molecule has 0 N–H and O–H groups in total. The monoisotopic (exact) mass is 383 g/mol. The van der Waals surface area contributed by atoms with Crippen molar-refractivity contribution in [3.63, 3.8) is 0 Å². The highest BCUT2D eigenvalue weighted by Gasteiger charge is 2.24. The number of hydrogen-bond donors (Lipinski definition) is 0. The van der Waals surface area contributed by atoms with Gasteiger partial charge in [-0.25, -0.2) is 4.79 Å². The number of rotatable bonds is 5. The van der Waals surface area contributed by atoms with Gasteiger partial charge in [-0.05, 0) is 60.7 Å². The standard InChI is InChI=1S/C22H25NO5/c1-14-6-5-7-18(15(14)2)22(25)28-13-21(24)23-9-8-16-10-19(26-3)20(27-4)11-17(16)12-23/h5-7,10-11H,8-9,12-13H2,1-4H3. The van der Waals surface area contributed by atoms with Crippen LogP contribution in [-0.2, 0) is 22.5 Å². The van der Waals surface area contributed by atoms with E-state index in [1.807, 2.05) is 38.1 Å². The first-order valence-corrected chi connectivity index (χ1v) is 9.19.